The van der Waals surface area contributed by atoms with Gasteiger partial charge in [-0.3, -0.25) is 14.3 Å². The molecular weight excluding hydrogens is 514 g/mol. The number of nitrogens with one attached hydrogen (secondary N) is 1. The number of carbonyl (C=O) groups excluding carboxylic acids is 2. The first-order valence-corrected chi connectivity index (χ1v) is 13.1. The van der Waals surface area contributed by atoms with Gasteiger partial charge in [0, 0.05) is 42.9 Å². The summed E-state index contributed by atoms with van der Waals surface area (Å²) in [4.78, 5) is 27.3. The van der Waals surface area contributed by atoms with Crippen LogP contribution in [0.25, 0.3) is 0 Å². The van der Waals surface area contributed by atoms with Crippen LogP contribution >= 0.6 is 0 Å². The fourth-order valence-electron chi connectivity index (χ4n) is 4.71. The molecule has 0 spiro atoms. The Morgan fingerprint density at radius 1 is 1.23 bits per heavy atom. The molecule has 212 valence electrons. The Labute approximate surface area is 232 Å². The van der Waals surface area contributed by atoms with E-state index in [0.29, 0.717) is 47.8 Å². The molecule has 2 amide bonds. The van der Waals surface area contributed by atoms with Gasteiger partial charge in [0.1, 0.15) is 11.9 Å². The lowest BCUT2D eigenvalue weighted by atomic mass is 9.83. The third-order valence-electron chi connectivity index (χ3n) is 6.95. The zero-order chi connectivity index (χ0) is 28.9. The summed E-state index contributed by atoms with van der Waals surface area (Å²) in [6, 6.07) is 12.2. The van der Waals surface area contributed by atoms with E-state index >= 15 is 0 Å². The Morgan fingerprint density at radius 3 is 2.75 bits per heavy atom. The Balaban J connectivity index is 1.54. The maximum atomic E-state index is 13.9. The molecule has 0 fully saturated rings. The molecule has 1 aliphatic rings. The third-order valence-corrected chi connectivity index (χ3v) is 6.95. The second kappa shape index (κ2) is 12.4. The molecule has 0 aliphatic carbocycles. The predicted octanol–water partition coefficient (Wildman–Crippen LogP) is 2.16. The van der Waals surface area contributed by atoms with Crippen LogP contribution in [0.15, 0.2) is 60.8 Å². The highest BCUT2D eigenvalue weighted by Crippen LogP contribution is 2.47. The van der Waals surface area contributed by atoms with Gasteiger partial charge in [0.15, 0.2) is 5.60 Å². The van der Waals surface area contributed by atoms with Crippen LogP contribution in [0.3, 0.4) is 0 Å². The highest BCUT2D eigenvalue weighted by atomic mass is 16.5. The number of nitrogens with zero attached hydrogens (tertiary/aromatic N) is 4. The van der Waals surface area contributed by atoms with Crippen molar-refractivity contribution >= 4 is 23.2 Å². The lowest BCUT2D eigenvalue weighted by Crippen LogP contribution is -2.44. The monoisotopic (exact) mass is 549 g/mol. The normalized spacial score (nSPS) is 18.1. The highest BCUT2D eigenvalue weighted by molar-refractivity contribution is 6.07. The summed E-state index contributed by atoms with van der Waals surface area (Å²) in [7, 11) is 1.53. The summed E-state index contributed by atoms with van der Waals surface area (Å²) in [6.07, 6.45) is 5.41. The molecule has 2 aromatic carbocycles. The molecule has 3 atom stereocenters. The Morgan fingerprint density at radius 2 is 2.02 bits per heavy atom. The summed E-state index contributed by atoms with van der Waals surface area (Å²) in [5, 5.41) is 41.2. The molecule has 1 aliphatic heterocycles. The minimum Gasteiger partial charge on any atom is -0.497 e. The van der Waals surface area contributed by atoms with Crippen molar-refractivity contribution in [3.8, 4) is 5.75 Å². The number of carbonyl (C=O) groups is 2. The van der Waals surface area contributed by atoms with E-state index in [1.165, 1.54) is 18.9 Å². The quantitative estimate of drug-likeness (QED) is 0.251. The fraction of sp³-hybridized carbons (Fsp3) is 0.379. The summed E-state index contributed by atoms with van der Waals surface area (Å²) in [5.41, 5.74) is 1.16. The maximum Gasteiger partial charge on any atom is 0.264 e. The van der Waals surface area contributed by atoms with Crippen molar-refractivity contribution in [2.45, 2.75) is 51.5 Å². The van der Waals surface area contributed by atoms with Crippen molar-refractivity contribution < 1.29 is 29.6 Å². The molecule has 40 heavy (non-hydrogen) atoms. The van der Waals surface area contributed by atoms with Crippen LogP contribution in [0.5, 0.6) is 5.75 Å². The number of aliphatic hydroxyl groups is 3. The van der Waals surface area contributed by atoms with Gasteiger partial charge >= 0.3 is 0 Å². The van der Waals surface area contributed by atoms with Crippen LogP contribution in [-0.2, 0) is 34.7 Å². The average molecular weight is 550 g/mol. The molecule has 2 heterocycles. The average Bonchev–Trinajstić information content (AvgIpc) is 3.47. The number of methoxy groups -OCH3 is 1. The third kappa shape index (κ3) is 6.06. The van der Waals surface area contributed by atoms with E-state index in [1.54, 1.807) is 54.2 Å². The topological polar surface area (TPSA) is 150 Å². The van der Waals surface area contributed by atoms with Crippen LogP contribution < -0.4 is 15.0 Å². The smallest absolute Gasteiger partial charge is 0.264 e. The number of benzene rings is 2. The van der Waals surface area contributed by atoms with E-state index in [2.05, 4.69) is 15.6 Å². The second-order valence-electron chi connectivity index (χ2n) is 9.86. The molecule has 0 radical (unpaired) electrons. The van der Waals surface area contributed by atoms with Gasteiger partial charge < -0.3 is 30.3 Å². The van der Waals surface area contributed by atoms with E-state index in [1.807, 2.05) is 18.2 Å². The van der Waals surface area contributed by atoms with Gasteiger partial charge in [0.25, 0.3) is 11.8 Å². The van der Waals surface area contributed by atoms with E-state index in [-0.39, 0.29) is 13.2 Å². The minimum absolute atomic E-state index is 0.0109. The Hall–Kier alpha value is -4.06. The van der Waals surface area contributed by atoms with E-state index in [0.717, 1.165) is 5.56 Å². The fourth-order valence-corrected chi connectivity index (χ4v) is 4.71. The van der Waals surface area contributed by atoms with Gasteiger partial charge in [0.2, 0.25) is 0 Å². The molecule has 4 N–H and O–H groups in total. The molecule has 11 nitrogen and oxygen atoms in total. The molecular formula is C29H35N5O6. The molecule has 1 aromatic heterocycles. The van der Waals surface area contributed by atoms with Gasteiger partial charge in [-0.1, -0.05) is 36.4 Å². The van der Waals surface area contributed by atoms with Crippen molar-refractivity contribution in [2.24, 2.45) is 5.92 Å². The number of aliphatic hydroxyl groups excluding tert-OH is 2. The molecule has 4 rings (SSSR count). The van der Waals surface area contributed by atoms with Crippen molar-refractivity contribution in [3.63, 3.8) is 0 Å². The molecule has 3 aromatic rings. The number of fused-ring (bicyclic) bond motifs is 1. The minimum atomic E-state index is -1.82. The Bertz CT molecular complexity index is 1390. The van der Waals surface area contributed by atoms with Crippen molar-refractivity contribution in [1.82, 2.24) is 15.0 Å². The summed E-state index contributed by atoms with van der Waals surface area (Å²) in [6.45, 7) is 3.91. The standard InChI is InChI=1S/C29H35N5O6/c1-19(7-4-5-13-33-18-23(12-14-35)31-32-33)29(39)25-16-24(40-3)10-11-26(25)34(28(29)38)17-21-8-6-9-22(15-21)30-27(37)20(2)36/h4,6-11,15-16,18-20,35-36,39H,5,12-14,17H2,1-3H3,(H,30,37)/b7-4+/t19-,20-,29+/m0/s1. The molecule has 0 unspecified atom stereocenters. The van der Waals surface area contributed by atoms with Gasteiger partial charge in [0.05, 0.1) is 25.0 Å². The van der Waals surface area contributed by atoms with Crippen molar-refractivity contribution in [2.75, 3.05) is 23.9 Å². The number of aryl methyl sites for hydroxylation is 1. The van der Waals surface area contributed by atoms with Crippen LogP contribution in [0.4, 0.5) is 11.4 Å². The maximum absolute atomic E-state index is 13.9. The number of ether oxygens (including phenoxy) is 1. The zero-order valence-electron chi connectivity index (χ0n) is 22.8. The van der Waals surface area contributed by atoms with Gasteiger partial charge in [-0.15, -0.1) is 5.10 Å². The first-order valence-electron chi connectivity index (χ1n) is 13.1. The summed E-state index contributed by atoms with van der Waals surface area (Å²) in [5.74, 6) is -1.03. The summed E-state index contributed by atoms with van der Waals surface area (Å²) >= 11 is 0. The van der Waals surface area contributed by atoms with Crippen LogP contribution in [0.1, 0.15) is 37.1 Å². The van der Waals surface area contributed by atoms with Gasteiger partial charge in [-0.05, 0) is 49.2 Å². The SMILES string of the molecule is COc1ccc2c(c1)[C@](O)([C@@H](C)/C=C/CCn1cc(CCO)nn1)C(=O)N2Cc1cccc(NC(=O)[C@H](C)O)c1. The number of hydrogen-bond acceptors (Lipinski definition) is 8. The number of hydrogen-bond donors (Lipinski definition) is 4. The van der Waals surface area contributed by atoms with E-state index in [9.17, 15) is 19.8 Å². The number of anilines is 2. The Kier molecular flexibility index (Phi) is 8.98. The highest BCUT2D eigenvalue weighted by Gasteiger charge is 2.52. The van der Waals surface area contributed by atoms with E-state index < -0.39 is 29.4 Å². The van der Waals surface area contributed by atoms with Gasteiger partial charge in [-0.25, -0.2) is 0 Å². The van der Waals surface area contributed by atoms with Gasteiger partial charge in [-0.2, -0.15) is 0 Å². The summed E-state index contributed by atoms with van der Waals surface area (Å²) < 4.78 is 7.08. The van der Waals surface area contributed by atoms with Crippen LogP contribution in [-0.4, -0.2) is 61.9 Å². The van der Waals surface area contributed by atoms with Crippen molar-refractivity contribution in [3.05, 3.63) is 77.6 Å². The lowest BCUT2D eigenvalue weighted by Gasteiger charge is -2.28. The first-order chi connectivity index (χ1) is 19.2. The number of rotatable bonds is 12. The van der Waals surface area contributed by atoms with Crippen LogP contribution in [0.2, 0.25) is 0 Å². The molecule has 0 saturated heterocycles. The lowest BCUT2D eigenvalue weighted by molar-refractivity contribution is -0.139. The van der Waals surface area contributed by atoms with E-state index in [4.69, 9.17) is 9.84 Å². The second-order valence-corrected chi connectivity index (χ2v) is 9.86. The van der Waals surface area contributed by atoms with Crippen molar-refractivity contribution in [1.29, 1.82) is 0 Å². The number of allylic oxidation sites excluding steroid dienone is 1. The number of aromatic nitrogens is 3. The molecule has 0 saturated carbocycles. The number of amides is 2. The van der Waals surface area contributed by atoms with Crippen LogP contribution in [0, 0.1) is 5.92 Å². The first kappa shape index (κ1) is 28.9. The largest absolute Gasteiger partial charge is 0.497 e. The predicted molar refractivity (Wildman–Crippen MR) is 149 cm³/mol. The molecule has 0 bridgehead atoms. The molecule has 11 heteroatoms. The zero-order valence-corrected chi connectivity index (χ0v) is 22.8.